The maximum absolute atomic E-state index is 13.6. The monoisotopic (exact) mass is 270 g/mol. The van der Waals surface area contributed by atoms with E-state index in [0.29, 0.717) is 5.56 Å². The van der Waals surface area contributed by atoms with Crippen molar-refractivity contribution in [3.63, 3.8) is 0 Å². The van der Waals surface area contributed by atoms with E-state index in [9.17, 15) is 19.4 Å². The number of aliphatic carboxylic acids is 1. The summed E-state index contributed by atoms with van der Waals surface area (Å²) in [5.74, 6) is -3.07. The average Bonchev–Trinajstić information content (AvgIpc) is 2.36. The van der Waals surface area contributed by atoms with E-state index in [1.165, 1.54) is 19.2 Å². The Morgan fingerprint density at radius 3 is 2.32 bits per heavy atom. The Balaban J connectivity index is 3.21. The zero-order chi connectivity index (χ0) is 14.8. The van der Waals surface area contributed by atoms with E-state index in [1.54, 1.807) is 26.8 Å². The van der Waals surface area contributed by atoms with Crippen molar-refractivity contribution in [2.24, 2.45) is 5.92 Å². The van der Waals surface area contributed by atoms with Crippen LogP contribution in [-0.4, -0.2) is 28.9 Å². The van der Waals surface area contributed by atoms with Crippen molar-refractivity contribution in [1.29, 1.82) is 0 Å². The quantitative estimate of drug-likeness (QED) is 0.862. The van der Waals surface area contributed by atoms with Crippen LogP contribution in [0.25, 0.3) is 0 Å². The Morgan fingerprint density at radius 2 is 1.95 bits per heavy atom. The molecule has 0 aliphatic heterocycles. The van der Waals surface area contributed by atoms with Gasteiger partial charge in [-0.25, -0.2) is 9.18 Å². The van der Waals surface area contributed by atoms with Gasteiger partial charge in [-0.15, -0.1) is 0 Å². The molecule has 0 aromatic heterocycles. The van der Waals surface area contributed by atoms with Gasteiger partial charge in [-0.1, -0.05) is 26.8 Å². The molecule has 1 aromatic rings. The molecule has 0 amide bonds. The Morgan fingerprint density at radius 1 is 1.37 bits per heavy atom. The number of ether oxygens (including phenoxy) is 1. The van der Waals surface area contributed by atoms with Gasteiger partial charge in [0.1, 0.15) is 0 Å². The minimum Gasteiger partial charge on any atom is -0.494 e. The van der Waals surface area contributed by atoms with Gasteiger partial charge in [0, 0.05) is 5.92 Å². The second-order valence-electron chi connectivity index (χ2n) is 4.90. The van der Waals surface area contributed by atoms with Crippen molar-refractivity contribution < 1.29 is 24.1 Å². The molecule has 0 bridgehead atoms. The highest BCUT2D eigenvalue weighted by atomic mass is 19.1. The van der Waals surface area contributed by atoms with Crippen LogP contribution in [0.1, 0.15) is 32.3 Å². The third-order valence-electron chi connectivity index (χ3n) is 3.56. The summed E-state index contributed by atoms with van der Waals surface area (Å²) in [6.07, 6.45) is 0. The fourth-order valence-electron chi connectivity index (χ4n) is 2.14. The lowest BCUT2D eigenvalue weighted by molar-refractivity contribution is -0.166. The zero-order valence-corrected chi connectivity index (χ0v) is 11.5. The summed E-state index contributed by atoms with van der Waals surface area (Å²) in [7, 11) is 1.35. The molecule has 0 saturated carbocycles. The lowest BCUT2D eigenvalue weighted by Crippen LogP contribution is -2.48. The zero-order valence-electron chi connectivity index (χ0n) is 11.5. The molecule has 4 nitrogen and oxygen atoms in total. The molecule has 2 atom stereocenters. The van der Waals surface area contributed by atoms with Gasteiger partial charge in [0.05, 0.1) is 7.11 Å². The average molecular weight is 270 g/mol. The molecule has 0 heterocycles. The standard InChI is InChI=1S/C14H19FO4/c1-8(2)14(18,13(16)17)9(3)10-5-6-12(19-4)11(15)7-10/h5-9,18H,1-4H3,(H,16,17). The minimum atomic E-state index is -1.94. The van der Waals surface area contributed by atoms with Crippen molar-refractivity contribution in [2.45, 2.75) is 32.3 Å². The SMILES string of the molecule is COc1ccc(C(C)C(O)(C(=O)O)C(C)C)cc1F. The van der Waals surface area contributed by atoms with Crippen LogP contribution in [0.3, 0.4) is 0 Å². The summed E-state index contributed by atoms with van der Waals surface area (Å²) < 4.78 is 18.5. The second-order valence-corrected chi connectivity index (χ2v) is 4.90. The minimum absolute atomic E-state index is 0.0827. The first-order chi connectivity index (χ1) is 8.75. The third kappa shape index (κ3) is 2.71. The summed E-state index contributed by atoms with van der Waals surface area (Å²) in [4.78, 5) is 11.3. The van der Waals surface area contributed by atoms with Gasteiger partial charge >= 0.3 is 5.97 Å². The van der Waals surface area contributed by atoms with E-state index in [2.05, 4.69) is 0 Å². The Kier molecular flexibility index (Phi) is 4.52. The van der Waals surface area contributed by atoms with E-state index >= 15 is 0 Å². The number of halogens is 1. The van der Waals surface area contributed by atoms with Gasteiger partial charge in [0.15, 0.2) is 17.2 Å². The lowest BCUT2D eigenvalue weighted by atomic mass is 9.76. The van der Waals surface area contributed by atoms with Crippen LogP contribution in [0.5, 0.6) is 5.75 Å². The predicted octanol–water partition coefficient (Wildman–Crippen LogP) is 2.41. The van der Waals surface area contributed by atoms with Crippen LogP contribution >= 0.6 is 0 Å². The number of carboxylic acid groups (broad SMARTS) is 1. The summed E-state index contributed by atoms with van der Waals surface area (Å²) in [5.41, 5.74) is -1.53. The van der Waals surface area contributed by atoms with Crippen molar-refractivity contribution in [3.8, 4) is 5.75 Å². The van der Waals surface area contributed by atoms with Crippen molar-refractivity contribution in [2.75, 3.05) is 7.11 Å². The number of hydrogen-bond acceptors (Lipinski definition) is 3. The van der Waals surface area contributed by atoms with E-state index in [0.717, 1.165) is 0 Å². The summed E-state index contributed by atoms with van der Waals surface area (Å²) >= 11 is 0. The second kappa shape index (κ2) is 5.57. The number of carbonyl (C=O) groups is 1. The molecule has 0 radical (unpaired) electrons. The Bertz CT molecular complexity index is 473. The van der Waals surface area contributed by atoms with Gasteiger partial charge in [-0.2, -0.15) is 0 Å². The smallest absolute Gasteiger partial charge is 0.336 e. The maximum Gasteiger partial charge on any atom is 0.336 e. The normalized spacial score (nSPS) is 15.9. The molecule has 1 aromatic carbocycles. The van der Waals surface area contributed by atoms with Crippen LogP contribution in [0.15, 0.2) is 18.2 Å². The van der Waals surface area contributed by atoms with E-state index in [-0.39, 0.29) is 5.75 Å². The van der Waals surface area contributed by atoms with Crippen LogP contribution in [0.2, 0.25) is 0 Å². The maximum atomic E-state index is 13.6. The highest BCUT2D eigenvalue weighted by molar-refractivity contribution is 5.79. The number of methoxy groups -OCH3 is 1. The van der Waals surface area contributed by atoms with Crippen LogP contribution in [-0.2, 0) is 4.79 Å². The summed E-state index contributed by atoms with van der Waals surface area (Å²) in [6.45, 7) is 4.80. The molecule has 1 rings (SSSR count). The third-order valence-corrected chi connectivity index (χ3v) is 3.56. The highest BCUT2D eigenvalue weighted by Gasteiger charge is 2.45. The first-order valence-electron chi connectivity index (χ1n) is 6.04. The van der Waals surface area contributed by atoms with Gasteiger partial charge in [-0.05, 0) is 23.6 Å². The number of hydrogen-bond donors (Lipinski definition) is 2. The molecule has 2 N–H and O–H groups in total. The molecule has 106 valence electrons. The van der Waals surface area contributed by atoms with E-state index in [1.807, 2.05) is 0 Å². The number of carboxylic acids is 1. The Hall–Kier alpha value is -1.62. The Labute approximate surface area is 111 Å². The topological polar surface area (TPSA) is 66.8 Å². The van der Waals surface area contributed by atoms with Crippen LogP contribution in [0, 0.1) is 11.7 Å². The van der Waals surface area contributed by atoms with E-state index in [4.69, 9.17) is 4.74 Å². The molecule has 0 aliphatic carbocycles. The van der Waals surface area contributed by atoms with E-state index < -0.39 is 29.2 Å². The molecule has 2 unspecified atom stereocenters. The first kappa shape index (κ1) is 15.4. The largest absolute Gasteiger partial charge is 0.494 e. The van der Waals surface area contributed by atoms with Crippen molar-refractivity contribution in [3.05, 3.63) is 29.6 Å². The number of rotatable bonds is 5. The summed E-state index contributed by atoms with van der Waals surface area (Å²) in [6, 6.07) is 4.17. The van der Waals surface area contributed by atoms with Crippen molar-refractivity contribution in [1.82, 2.24) is 0 Å². The molecule has 0 saturated heterocycles. The molecular formula is C14H19FO4. The molecule has 0 fully saturated rings. The molecule has 19 heavy (non-hydrogen) atoms. The van der Waals surface area contributed by atoms with Crippen molar-refractivity contribution >= 4 is 5.97 Å². The molecular weight excluding hydrogens is 251 g/mol. The lowest BCUT2D eigenvalue weighted by Gasteiger charge is -2.34. The number of benzene rings is 1. The van der Waals surface area contributed by atoms with Crippen LogP contribution < -0.4 is 4.74 Å². The predicted molar refractivity (Wildman–Crippen MR) is 68.8 cm³/mol. The molecule has 5 heteroatoms. The van der Waals surface area contributed by atoms with Crippen LogP contribution in [0.4, 0.5) is 4.39 Å². The molecule has 0 aliphatic rings. The first-order valence-corrected chi connectivity index (χ1v) is 6.04. The van der Waals surface area contributed by atoms with Gasteiger partial charge in [-0.3, -0.25) is 0 Å². The van der Waals surface area contributed by atoms with Gasteiger partial charge in [0.2, 0.25) is 0 Å². The van der Waals surface area contributed by atoms with Gasteiger partial charge in [0.25, 0.3) is 0 Å². The fourth-order valence-corrected chi connectivity index (χ4v) is 2.14. The molecule has 0 spiro atoms. The fraction of sp³-hybridized carbons (Fsp3) is 0.500. The number of aliphatic hydroxyl groups is 1. The summed E-state index contributed by atoms with van der Waals surface area (Å²) in [5, 5.41) is 19.6. The highest BCUT2D eigenvalue weighted by Crippen LogP contribution is 2.35. The van der Waals surface area contributed by atoms with Gasteiger partial charge < -0.3 is 14.9 Å².